The van der Waals surface area contributed by atoms with E-state index < -0.39 is 17.9 Å². The quantitative estimate of drug-likeness (QED) is 0.882. The molecular weight excluding hydrogens is 276 g/mol. The zero-order chi connectivity index (χ0) is 15.0. The van der Waals surface area contributed by atoms with Crippen molar-refractivity contribution in [3.8, 4) is 0 Å². The summed E-state index contributed by atoms with van der Waals surface area (Å²) in [6.45, 7) is 0.461. The van der Waals surface area contributed by atoms with Gasteiger partial charge in [-0.3, -0.25) is 4.79 Å². The molecule has 7 nitrogen and oxygen atoms in total. The molecule has 3 rings (SSSR count). The maximum Gasteiger partial charge on any atom is 0.356 e. The average Bonchev–Trinajstić information content (AvgIpc) is 3.07. The van der Waals surface area contributed by atoms with E-state index in [-0.39, 0.29) is 12.1 Å². The van der Waals surface area contributed by atoms with Crippen molar-refractivity contribution in [1.82, 2.24) is 9.55 Å². The monoisotopic (exact) mass is 290 g/mol. The molecule has 0 aliphatic carbocycles. The largest absolute Gasteiger partial charge is 0.481 e. The molecule has 7 heteroatoms. The summed E-state index contributed by atoms with van der Waals surface area (Å²) in [5.41, 5.74) is 0.435. The fraction of sp³-hybridized carbons (Fsp3) is 0.357. The minimum absolute atomic E-state index is 0.0532. The van der Waals surface area contributed by atoms with Crippen molar-refractivity contribution in [3.63, 3.8) is 0 Å². The van der Waals surface area contributed by atoms with Gasteiger partial charge in [0.25, 0.3) is 0 Å². The van der Waals surface area contributed by atoms with Crippen LogP contribution < -0.4 is 0 Å². The van der Waals surface area contributed by atoms with E-state index >= 15 is 0 Å². The topological polar surface area (TPSA) is 106 Å². The Morgan fingerprint density at radius 1 is 1.43 bits per heavy atom. The van der Waals surface area contributed by atoms with Crippen molar-refractivity contribution in [2.45, 2.75) is 25.8 Å². The minimum atomic E-state index is -1.13. The maximum atomic E-state index is 11.3. The minimum Gasteiger partial charge on any atom is -0.481 e. The van der Waals surface area contributed by atoms with Crippen LogP contribution >= 0.6 is 0 Å². The number of furan rings is 1. The number of hydrogen-bond acceptors (Lipinski definition) is 4. The van der Waals surface area contributed by atoms with E-state index in [1.807, 2.05) is 4.57 Å². The Morgan fingerprint density at radius 2 is 2.24 bits per heavy atom. The van der Waals surface area contributed by atoms with Crippen LogP contribution in [0.4, 0.5) is 0 Å². The van der Waals surface area contributed by atoms with Gasteiger partial charge < -0.3 is 19.2 Å². The van der Waals surface area contributed by atoms with Crippen molar-refractivity contribution in [3.05, 3.63) is 41.4 Å². The second-order valence-electron chi connectivity index (χ2n) is 5.06. The summed E-state index contributed by atoms with van der Waals surface area (Å²) < 4.78 is 7.07. The number of aromatic nitrogens is 2. The van der Waals surface area contributed by atoms with Crippen LogP contribution in [-0.4, -0.2) is 31.7 Å². The summed E-state index contributed by atoms with van der Waals surface area (Å²) in [6.07, 6.45) is 2.62. The maximum absolute atomic E-state index is 11.3. The standard InChI is InChI=1S/C14H14N2O5/c17-13(18)8-3-4-16-10(6-8)12(14(19)20)15-11(16)7-9-2-1-5-21-9/h1-2,5,8H,3-4,6-7H2,(H,17,18)(H,19,20). The van der Waals surface area contributed by atoms with Crippen LogP contribution in [0.3, 0.4) is 0 Å². The number of fused-ring (bicyclic) bond motifs is 1. The number of carbonyl (C=O) groups is 2. The fourth-order valence-corrected chi connectivity index (χ4v) is 2.71. The van der Waals surface area contributed by atoms with Gasteiger partial charge in [0.1, 0.15) is 11.6 Å². The van der Waals surface area contributed by atoms with Gasteiger partial charge in [0.15, 0.2) is 5.69 Å². The predicted octanol–water partition coefficient (Wildman–Crippen LogP) is 1.41. The van der Waals surface area contributed by atoms with Crippen LogP contribution in [0.2, 0.25) is 0 Å². The fourth-order valence-electron chi connectivity index (χ4n) is 2.71. The van der Waals surface area contributed by atoms with Gasteiger partial charge in [-0.15, -0.1) is 0 Å². The van der Waals surface area contributed by atoms with Crippen molar-refractivity contribution in [1.29, 1.82) is 0 Å². The lowest BCUT2D eigenvalue weighted by atomic mass is 9.95. The Bertz CT molecular complexity index is 687. The van der Waals surface area contributed by atoms with Gasteiger partial charge >= 0.3 is 11.9 Å². The smallest absolute Gasteiger partial charge is 0.356 e. The van der Waals surface area contributed by atoms with Crippen LogP contribution in [-0.2, 0) is 24.2 Å². The third-order valence-electron chi connectivity index (χ3n) is 3.76. The number of nitrogens with zero attached hydrogens (tertiary/aromatic N) is 2. The number of carboxylic acids is 2. The summed E-state index contributed by atoms with van der Waals surface area (Å²) in [6, 6.07) is 3.55. The summed E-state index contributed by atoms with van der Waals surface area (Å²) in [5, 5.41) is 18.4. The molecule has 1 atom stereocenters. The van der Waals surface area contributed by atoms with Crippen LogP contribution in [0.1, 0.15) is 34.2 Å². The van der Waals surface area contributed by atoms with Gasteiger partial charge in [-0.05, 0) is 18.6 Å². The van der Waals surface area contributed by atoms with Crippen LogP contribution in [0.15, 0.2) is 22.8 Å². The highest BCUT2D eigenvalue weighted by molar-refractivity contribution is 5.87. The first kappa shape index (κ1) is 13.4. The molecule has 3 heterocycles. The SMILES string of the molecule is O=C(O)c1nc(Cc2ccco2)n2c1CC(C(=O)O)CC2. The van der Waals surface area contributed by atoms with Crippen LogP contribution in [0, 0.1) is 5.92 Å². The number of rotatable bonds is 4. The molecule has 1 aliphatic rings. The number of hydrogen-bond donors (Lipinski definition) is 2. The summed E-state index contributed by atoms with van der Waals surface area (Å²) in [5.74, 6) is -1.29. The Labute approximate surface area is 119 Å². The number of aliphatic carboxylic acids is 1. The first-order valence-electron chi connectivity index (χ1n) is 6.63. The second-order valence-corrected chi connectivity index (χ2v) is 5.06. The van der Waals surface area contributed by atoms with Crippen molar-refractivity contribution in [2.24, 2.45) is 5.92 Å². The molecular formula is C14H14N2O5. The van der Waals surface area contributed by atoms with Crippen LogP contribution in [0.25, 0.3) is 0 Å². The number of carboxylic acid groups (broad SMARTS) is 2. The third kappa shape index (κ3) is 2.42. The summed E-state index contributed by atoms with van der Waals surface area (Å²) >= 11 is 0. The van der Waals surface area contributed by atoms with Crippen molar-refractivity contribution >= 4 is 11.9 Å². The molecule has 2 aromatic rings. The molecule has 110 valence electrons. The average molecular weight is 290 g/mol. The van der Waals surface area contributed by atoms with Crippen LogP contribution in [0.5, 0.6) is 0 Å². The van der Waals surface area contributed by atoms with Crippen molar-refractivity contribution < 1.29 is 24.2 Å². The van der Waals surface area contributed by atoms with Gasteiger partial charge in [-0.2, -0.15) is 0 Å². The molecule has 0 bridgehead atoms. The molecule has 0 spiro atoms. The highest BCUT2D eigenvalue weighted by Crippen LogP contribution is 2.26. The first-order chi connectivity index (χ1) is 10.1. The lowest BCUT2D eigenvalue weighted by Crippen LogP contribution is -2.27. The molecule has 1 aliphatic heterocycles. The zero-order valence-electron chi connectivity index (χ0n) is 11.2. The van der Waals surface area contributed by atoms with E-state index in [1.54, 1.807) is 18.4 Å². The molecule has 21 heavy (non-hydrogen) atoms. The Kier molecular flexibility index (Phi) is 3.25. The molecule has 2 aromatic heterocycles. The van der Waals surface area contributed by atoms with Gasteiger partial charge in [0.2, 0.25) is 0 Å². The van der Waals surface area contributed by atoms with E-state index in [4.69, 9.17) is 9.52 Å². The lowest BCUT2D eigenvalue weighted by Gasteiger charge is -2.22. The molecule has 2 N–H and O–H groups in total. The summed E-state index contributed by atoms with van der Waals surface area (Å²) in [7, 11) is 0. The van der Waals surface area contributed by atoms with Gasteiger partial charge in [-0.1, -0.05) is 0 Å². The molecule has 0 saturated heterocycles. The summed E-state index contributed by atoms with van der Waals surface area (Å²) in [4.78, 5) is 26.6. The Hall–Kier alpha value is -2.57. The van der Waals surface area contributed by atoms with Gasteiger partial charge in [-0.25, -0.2) is 9.78 Å². The molecule has 0 aromatic carbocycles. The predicted molar refractivity (Wildman–Crippen MR) is 70.1 cm³/mol. The van der Waals surface area contributed by atoms with E-state index in [9.17, 15) is 14.7 Å². The molecule has 0 amide bonds. The van der Waals surface area contributed by atoms with E-state index in [0.717, 1.165) is 0 Å². The molecule has 0 fully saturated rings. The molecule has 1 unspecified atom stereocenters. The highest BCUT2D eigenvalue weighted by Gasteiger charge is 2.31. The molecule has 0 saturated carbocycles. The second kappa shape index (κ2) is 5.08. The van der Waals surface area contributed by atoms with Crippen molar-refractivity contribution in [2.75, 3.05) is 0 Å². The Balaban J connectivity index is 1.98. The number of aromatic carboxylic acids is 1. The van der Waals surface area contributed by atoms with E-state index in [0.29, 0.717) is 36.7 Å². The zero-order valence-corrected chi connectivity index (χ0v) is 11.2. The lowest BCUT2D eigenvalue weighted by molar-refractivity contribution is -0.142. The molecule has 0 radical (unpaired) electrons. The highest BCUT2D eigenvalue weighted by atomic mass is 16.4. The van der Waals surface area contributed by atoms with E-state index in [2.05, 4.69) is 4.98 Å². The van der Waals surface area contributed by atoms with E-state index in [1.165, 1.54) is 0 Å². The van der Waals surface area contributed by atoms with Gasteiger partial charge in [0.05, 0.1) is 24.3 Å². The third-order valence-corrected chi connectivity index (χ3v) is 3.76. The van der Waals surface area contributed by atoms with Gasteiger partial charge in [0, 0.05) is 13.0 Å². The Morgan fingerprint density at radius 3 is 2.86 bits per heavy atom. The first-order valence-corrected chi connectivity index (χ1v) is 6.63. The normalized spacial score (nSPS) is 17.4. The number of imidazole rings is 1.